The van der Waals surface area contributed by atoms with Gasteiger partial charge in [-0.2, -0.15) is 0 Å². The molecule has 2 aliphatic heterocycles. The van der Waals surface area contributed by atoms with Crippen LogP contribution in [-0.2, 0) is 4.74 Å². The summed E-state index contributed by atoms with van der Waals surface area (Å²) in [5, 5.41) is 0. The molecule has 0 bridgehead atoms. The number of allylic oxidation sites excluding steroid dienone is 1. The molecule has 1 fully saturated rings. The van der Waals surface area contributed by atoms with Crippen LogP contribution in [0, 0.1) is 5.92 Å². The second-order valence-corrected chi connectivity index (χ2v) is 8.20. The highest BCUT2D eigenvalue weighted by Gasteiger charge is 2.40. The van der Waals surface area contributed by atoms with E-state index in [1.165, 1.54) is 6.42 Å². The molecule has 0 N–H and O–H groups in total. The standard InChI is InChI=1S/C22H32N2O2/c1-18(2)10-14-23-13-7-11-22(12-15-23)17-24(16-19(3)26-22)21(25)20-8-5-4-6-9-20/h4-6,8-9,16,18H,7,10-15,17H2,1-3H3/t22-/m0/s1. The molecule has 4 nitrogen and oxygen atoms in total. The predicted molar refractivity (Wildman–Crippen MR) is 105 cm³/mol. The molecule has 142 valence electrons. The highest BCUT2D eigenvalue weighted by atomic mass is 16.5. The van der Waals surface area contributed by atoms with Gasteiger partial charge in [0.2, 0.25) is 0 Å². The SMILES string of the molecule is CC1=CN(C(=O)c2ccccc2)C[C@@]2(CCCN(CCC(C)C)CC2)O1. The lowest BCUT2D eigenvalue weighted by molar-refractivity contribution is -0.0437. The number of likely N-dealkylation sites (tertiary alicyclic amines) is 1. The molecular weight excluding hydrogens is 324 g/mol. The Hall–Kier alpha value is -1.81. The first-order valence-electron chi connectivity index (χ1n) is 9.93. The Morgan fingerprint density at radius 2 is 1.96 bits per heavy atom. The molecule has 1 amide bonds. The Balaban J connectivity index is 1.69. The van der Waals surface area contributed by atoms with Gasteiger partial charge in [0.15, 0.2) is 0 Å². The Labute approximate surface area is 157 Å². The van der Waals surface area contributed by atoms with Gasteiger partial charge in [0, 0.05) is 24.7 Å². The third kappa shape index (κ3) is 4.67. The molecule has 0 saturated carbocycles. The van der Waals surface area contributed by atoms with Crippen LogP contribution >= 0.6 is 0 Å². The van der Waals surface area contributed by atoms with E-state index < -0.39 is 0 Å². The topological polar surface area (TPSA) is 32.8 Å². The van der Waals surface area contributed by atoms with Crippen LogP contribution < -0.4 is 0 Å². The fraction of sp³-hybridized carbons (Fsp3) is 0.591. The fourth-order valence-electron chi connectivity index (χ4n) is 4.00. The minimum absolute atomic E-state index is 0.0635. The number of carbonyl (C=O) groups is 1. The van der Waals surface area contributed by atoms with E-state index in [9.17, 15) is 4.79 Å². The Bertz CT molecular complexity index is 641. The molecule has 0 aromatic heterocycles. The summed E-state index contributed by atoms with van der Waals surface area (Å²) in [5.41, 5.74) is 0.497. The van der Waals surface area contributed by atoms with Gasteiger partial charge in [-0.05, 0) is 57.3 Å². The van der Waals surface area contributed by atoms with Crippen molar-refractivity contribution in [1.82, 2.24) is 9.80 Å². The smallest absolute Gasteiger partial charge is 0.258 e. The Morgan fingerprint density at radius 3 is 2.69 bits per heavy atom. The van der Waals surface area contributed by atoms with E-state index in [2.05, 4.69) is 18.7 Å². The van der Waals surface area contributed by atoms with Crippen molar-refractivity contribution >= 4 is 5.91 Å². The van der Waals surface area contributed by atoms with Gasteiger partial charge in [-0.3, -0.25) is 4.79 Å². The highest BCUT2D eigenvalue weighted by Crippen LogP contribution is 2.34. The molecule has 4 heteroatoms. The van der Waals surface area contributed by atoms with Crippen molar-refractivity contribution in [3.63, 3.8) is 0 Å². The van der Waals surface area contributed by atoms with Crippen molar-refractivity contribution in [2.75, 3.05) is 26.2 Å². The van der Waals surface area contributed by atoms with Gasteiger partial charge in [0.25, 0.3) is 5.91 Å². The number of hydrogen-bond acceptors (Lipinski definition) is 3. The van der Waals surface area contributed by atoms with E-state index in [-0.39, 0.29) is 11.5 Å². The highest BCUT2D eigenvalue weighted by molar-refractivity contribution is 5.95. The second-order valence-electron chi connectivity index (χ2n) is 8.20. The molecular formula is C22H32N2O2. The van der Waals surface area contributed by atoms with Crippen molar-refractivity contribution in [2.24, 2.45) is 5.92 Å². The first kappa shape index (κ1) is 19.0. The minimum Gasteiger partial charge on any atom is -0.488 e. The first-order chi connectivity index (χ1) is 12.5. The summed E-state index contributed by atoms with van der Waals surface area (Å²) in [6.07, 6.45) is 6.22. The van der Waals surface area contributed by atoms with Crippen LogP contribution in [0.15, 0.2) is 42.3 Å². The van der Waals surface area contributed by atoms with E-state index in [4.69, 9.17) is 4.74 Å². The van der Waals surface area contributed by atoms with E-state index in [1.54, 1.807) is 0 Å². The summed E-state index contributed by atoms with van der Waals surface area (Å²) in [7, 11) is 0. The van der Waals surface area contributed by atoms with Gasteiger partial charge in [0.05, 0.1) is 6.54 Å². The molecule has 3 rings (SSSR count). The van der Waals surface area contributed by atoms with Crippen molar-refractivity contribution in [3.05, 3.63) is 47.9 Å². The van der Waals surface area contributed by atoms with Crippen LogP contribution in [0.3, 0.4) is 0 Å². The maximum absolute atomic E-state index is 12.9. The maximum Gasteiger partial charge on any atom is 0.258 e. The molecule has 26 heavy (non-hydrogen) atoms. The van der Waals surface area contributed by atoms with Crippen LogP contribution in [0.1, 0.15) is 56.8 Å². The molecule has 0 radical (unpaired) electrons. The third-order valence-electron chi connectivity index (χ3n) is 5.47. The molecule has 2 aliphatic rings. The van der Waals surface area contributed by atoms with Crippen LogP contribution in [0.4, 0.5) is 0 Å². The average molecular weight is 357 g/mol. The van der Waals surface area contributed by atoms with Gasteiger partial charge in [-0.1, -0.05) is 32.0 Å². The lowest BCUT2D eigenvalue weighted by atomic mass is 9.92. The Morgan fingerprint density at radius 1 is 1.19 bits per heavy atom. The molecule has 0 aliphatic carbocycles. The zero-order chi connectivity index (χ0) is 18.6. The van der Waals surface area contributed by atoms with Gasteiger partial charge in [0.1, 0.15) is 11.4 Å². The minimum atomic E-state index is -0.240. The van der Waals surface area contributed by atoms with Crippen LogP contribution in [0.5, 0.6) is 0 Å². The van der Waals surface area contributed by atoms with Crippen LogP contribution in [-0.4, -0.2) is 47.5 Å². The van der Waals surface area contributed by atoms with Crippen molar-refractivity contribution in [1.29, 1.82) is 0 Å². The zero-order valence-electron chi connectivity index (χ0n) is 16.4. The van der Waals surface area contributed by atoms with Crippen molar-refractivity contribution in [2.45, 2.75) is 52.1 Å². The van der Waals surface area contributed by atoms with Gasteiger partial charge < -0.3 is 14.5 Å². The monoisotopic (exact) mass is 356 g/mol. The van der Waals surface area contributed by atoms with Crippen molar-refractivity contribution < 1.29 is 9.53 Å². The quantitative estimate of drug-likeness (QED) is 0.807. The normalized spacial score (nSPS) is 24.3. The summed E-state index contributed by atoms with van der Waals surface area (Å²) in [6.45, 7) is 10.5. The number of carbonyl (C=O) groups excluding carboxylic acids is 1. The van der Waals surface area contributed by atoms with Crippen LogP contribution in [0.25, 0.3) is 0 Å². The fourth-order valence-corrected chi connectivity index (χ4v) is 4.00. The number of ether oxygens (including phenoxy) is 1. The van der Waals surface area contributed by atoms with E-state index in [0.29, 0.717) is 6.54 Å². The van der Waals surface area contributed by atoms with Crippen molar-refractivity contribution in [3.8, 4) is 0 Å². The lowest BCUT2D eigenvalue weighted by Crippen LogP contribution is -2.49. The molecule has 0 unspecified atom stereocenters. The lowest BCUT2D eigenvalue weighted by Gasteiger charge is -2.41. The molecule has 2 heterocycles. The second kappa shape index (κ2) is 8.26. The van der Waals surface area contributed by atoms with Gasteiger partial charge in [-0.15, -0.1) is 0 Å². The predicted octanol–water partition coefficient (Wildman–Crippen LogP) is 4.29. The summed E-state index contributed by atoms with van der Waals surface area (Å²) < 4.78 is 6.33. The van der Waals surface area contributed by atoms with E-state index in [0.717, 1.165) is 56.1 Å². The third-order valence-corrected chi connectivity index (χ3v) is 5.47. The summed E-state index contributed by atoms with van der Waals surface area (Å²) >= 11 is 0. The summed E-state index contributed by atoms with van der Waals surface area (Å²) in [5.74, 6) is 1.65. The number of hydrogen-bond donors (Lipinski definition) is 0. The average Bonchev–Trinajstić information content (AvgIpc) is 2.81. The zero-order valence-corrected chi connectivity index (χ0v) is 16.4. The maximum atomic E-state index is 12.9. The molecule has 1 aromatic carbocycles. The van der Waals surface area contributed by atoms with Gasteiger partial charge >= 0.3 is 0 Å². The number of nitrogens with zero attached hydrogens (tertiary/aromatic N) is 2. The first-order valence-corrected chi connectivity index (χ1v) is 9.93. The molecule has 1 atom stereocenters. The molecule has 1 aromatic rings. The largest absolute Gasteiger partial charge is 0.488 e. The number of benzene rings is 1. The number of amides is 1. The van der Waals surface area contributed by atoms with E-state index in [1.807, 2.05) is 48.4 Å². The Kier molecular flexibility index (Phi) is 6.02. The summed E-state index contributed by atoms with van der Waals surface area (Å²) in [4.78, 5) is 17.3. The summed E-state index contributed by atoms with van der Waals surface area (Å²) in [6, 6.07) is 9.54. The van der Waals surface area contributed by atoms with Gasteiger partial charge in [-0.25, -0.2) is 0 Å². The molecule has 1 spiro atoms. The molecule has 1 saturated heterocycles. The number of rotatable bonds is 4. The van der Waals surface area contributed by atoms with E-state index >= 15 is 0 Å². The van der Waals surface area contributed by atoms with Crippen LogP contribution in [0.2, 0.25) is 0 Å².